The molecule has 1 aliphatic rings. The van der Waals surface area contributed by atoms with Crippen LogP contribution in [0.3, 0.4) is 0 Å². The number of rotatable bonds is 3. The highest BCUT2D eigenvalue weighted by molar-refractivity contribution is 6.31. The molecule has 140 valence electrons. The van der Waals surface area contributed by atoms with Gasteiger partial charge in [0.25, 0.3) is 0 Å². The third-order valence-corrected chi connectivity index (χ3v) is 4.53. The first-order valence-electron chi connectivity index (χ1n) is 8.69. The van der Waals surface area contributed by atoms with E-state index in [-0.39, 0.29) is 39.7 Å². The zero-order valence-corrected chi connectivity index (χ0v) is 15.8. The second-order valence-corrected chi connectivity index (χ2v) is 7.55. The maximum absolute atomic E-state index is 13.0. The van der Waals surface area contributed by atoms with E-state index in [1.54, 1.807) is 51.1 Å². The van der Waals surface area contributed by atoms with Gasteiger partial charge in [-0.2, -0.15) is 5.26 Å². The van der Waals surface area contributed by atoms with Crippen LogP contribution in [-0.4, -0.2) is 17.3 Å². The predicted molar refractivity (Wildman–Crippen MR) is 106 cm³/mol. The molecule has 0 aliphatic heterocycles. The second-order valence-electron chi connectivity index (χ2n) is 7.55. The van der Waals surface area contributed by atoms with Crippen molar-refractivity contribution in [1.82, 2.24) is 0 Å². The van der Waals surface area contributed by atoms with Gasteiger partial charge in [-0.3, -0.25) is 14.4 Å². The minimum Gasteiger partial charge on any atom is -0.398 e. The Balaban J connectivity index is 2.10. The quantitative estimate of drug-likeness (QED) is 0.413. The van der Waals surface area contributed by atoms with Crippen molar-refractivity contribution in [1.29, 1.82) is 5.26 Å². The van der Waals surface area contributed by atoms with Gasteiger partial charge in [0.2, 0.25) is 0 Å². The summed E-state index contributed by atoms with van der Waals surface area (Å²) >= 11 is 0. The zero-order chi connectivity index (χ0) is 20.6. The number of benzene rings is 2. The van der Waals surface area contributed by atoms with Crippen LogP contribution >= 0.6 is 0 Å². The maximum Gasteiger partial charge on any atom is 0.196 e. The highest BCUT2D eigenvalue weighted by Gasteiger charge is 2.33. The maximum atomic E-state index is 13.0. The molecule has 0 aromatic heterocycles. The molecule has 0 saturated heterocycles. The van der Waals surface area contributed by atoms with Gasteiger partial charge >= 0.3 is 0 Å². The number of carbonyl (C=O) groups is 3. The Bertz CT molecular complexity index is 1100. The van der Waals surface area contributed by atoms with Crippen molar-refractivity contribution in [2.45, 2.75) is 20.8 Å². The number of fused-ring (bicyclic) bond motifs is 2. The van der Waals surface area contributed by atoms with Crippen LogP contribution in [0.2, 0.25) is 0 Å². The molecule has 0 bridgehead atoms. The number of nitrogens with two attached hydrogens (primary N) is 1. The van der Waals surface area contributed by atoms with E-state index in [1.807, 2.05) is 6.07 Å². The van der Waals surface area contributed by atoms with Crippen molar-refractivity contribution < 1.29 is 14.4 Å². The minimum atomic E-state index is -0.728. The molecule has 0 radical (unpaired) electrons. The fourth-order valence-electron chi connectivity index (χ4n) is 3.07. The number of nitriles is 1. The first-order chi connectivity index (χ1) is 13.2. The van der Waals surface area contributed by atoms with Crippen molar-refractivity contribution in [3.05, 3.63) is 70.4 Å². The third-order valence-electron chi connectivity index (χ3n) is 4.53. The lowest BCUT2D eigenvalue weighted by molar-refractivity contribution is -0.122. The molecule has 2 aromatic carbocycles. The molecule has 2 aromatic rings. The fraction of sp³-hybridized carbons (Fsp3) is 0.182. The molecule has 0 atom stereocenters. The normalized spacial score (nSPS) is 13.4. The summed E-state index contributed by atoms with van der Waals surface area (Å²) in [5.41, 5.74) is 6.56. The number of allylic oxidation sites excluding steroid dienone is 1. The van der Waals surface area contributed by atoms with Crippen LogP contribution in [0.1, 0.15) is 52.6 Å². The molecule has 1 aliphatic carbocycles. The molecule has 0 unspecified atom stereocenters. The van der Waals surface area contributed by atoms with Crippen molar-refractivity contribution in [3.63, 3.8) is 0 Å². The first kappa shape index (κ1) is 19.1. The van der Waals surface area contributed by atoms with E-state index in [1.165, 1.54) is 12.3 Å². The molecule has 0 spiro atoms. The van der Waals surface area contributed by atoms with Gasteiger partial charge in [0, 0.05) is 28.4 Å². The minimum absolute atomic E-state index is 0.0759. The summed E-state index contributed by atoms with van der Waals surface area (Å²) in [4.78, 5) is 38.3. The Labute approximate surface area is 162 Å². The number of ketones is 3. The summed E-state index contributed by atoms with van der Waals surface area (Å²) in [6, 6.07) is 11.5. The largest absolute Gasteiger partial charge is 0.398 e. The van der Waals surface area contributed by atoms with Gasteiger partial charge in [0.1, 0.15) is 11.6 Å². The lowest BCUT2D eigenvalue weighted by Gasteiger charge is -2.21. The summed E-state index contributed by atoms with van der Waals surface area (Å²) < 4.78 is 0. The number of nitrogen functional groups attached to an aromatic ring is 1. The highest BCUT2D eigenvalue weighted by atomic mass is 16.1. The van der Waals surface area contributed by atoms with E-state index < -0.39 is 5.41 Å². The molecular weight excluding hydrogens is 354 g/mol. The van der Waals surface area contributed by atoms with Gasteiger partial charge < -0.3 is 11.1 Å². The van der Waals surface area contributed by atoms with Crippen LogP contribution in [0.15, 0.2) is 48.2 Å². The Hall–Kier alpha value is -3.72. The van der Waals surface area contributed by atoms with Gasteiger partial charge in [-0.1, -0.05) is 45.0 Å². The molecule has 3 N–H and O–H groups in total. The van der Waals surface area contributed by atoms with Crippen molar-refractivity contribution in [3.8, 4) is 6.07 Å². The Morgan fingerprint density at radius 3 is 2.14 bits per heavy atom. The standard InChI is InChI=1S/C22H19N3O3/c1-22(2,3)21(28)12(10-23)11-25-16-9-8-15(24)17-18(16)20(27)14-7-5-4-6-13(14)19(17)26/h4-9,11,25H,24H2,1-3H3/b12-11-. The smallest absolute Gasteiger partial charge is 0.196 e. The fourth-order valence-corrected chi connectivity index (χ4v) is 3.07. The van der Waals surface area contributed by atoms with E-state index >= 15 is 0 Å². The molecule has 0 amide bonds. The summed E-state index contributed by atoms with van der Waals surface area (Å²) in [5.74, 6) is -1.00. The summed E-state index contributed by atoms with van der Waals surface area (Å²) in [7, 11) is 0. The van der Waals surface area contributed by atoms with Crippen LogP contribution in [0, 0.1) is 16.7 Å². The monoisotopic (exact) mass is 373 g/mol. The summed E-state index contributed by atoms with van der Waals surface area (Å²) in [6.07, 6.45) is 1.26. The molecular formula is C22H19N3O3. The number of anilines is 2. The second kappa shape index (κ2) is 6.78. The van der Waals surface area contributed by atoms with E-state index in [9.17, 15) is 19.6 Å². The van der Waals surface area contributed by atoms with Gasteiger partial charge in [-0.15, -0.1) is 0 Å². The van der Waals surface area contributed by atoms with Crippen molar-refractivity contribution >= 4 is 28.7 Å². The summed E-state index contributed by atoms with van der Waals surface area (Å²) in [6.45, 7) is 5.14. The topological polar surface area (TPSA) is 113 Å². The van der Waals surface area contributed by atoms with Crippen LogP contribution in [-0.2, 0) is 4.79 Å². The molecule has 3 rings (SSSR count). The average molecular weight is 373 g/mol. The molecule has 6 nitrogen and oxygen atoms in total. The van der Waals surface area contributed by atoms with Gasteiger partial charge in [-0.05, 0) is 12.1 Å². The lowest BCUT2D eigenvalue weighted by atomic mass is 9.82. The number of hydrogen-bond donors (Lipinski definition) is 2. The Morgan fingerprint density at radius 2 is 1.61 bits per heavy atom. The van der Waals surface area contributed by atoms with Crippen molar-refractivity contribution in [2.24, 2.45) is 5.41 Å². The van der Waals surface area contributed by atoms with Crippen LogP contribution in [0.4, 0.5) is 11.4 Å². The van der Waals surface area contributed by atoms with Crippen LogP contribution in [0.5, 0.6) is 0 Å². The third kappa shape index (κ3) is 3.08. The molecule has 6 heteroatoms. The molecule has 0 saturated carbocycles. The molecule has 28 heavy (non-hydrogen) atoms. The zero-order valence-electron chi connectivity index (χ0n) is 15.8. The van der Waals surface area contributed by atoms with E-state index in [2.05, 4.69) is 5.32 Å². The lowest BCUT2D eigenvalue weighted by Crippen LogP contribution is -2.24. The van der Waals surface area contributed by atoms with Gasteiger partial charge in [0.15, 0.2) is 17.3 Å². The molecule has 0 heterocycles. The summed E-state index contributed by atoms with van der Waals surface area (Å²) in [5, 5.41) is 12.2. The van der Waals surface area contributed by atoms with E-state index in [4.69, 9.17) is 5.73 Å². The van der Waals surface area contributed by atoms with Crippen molar-refractivity contribution in [2.75, 3.05) is 11.1 Å². The highest BCUT2D eigenvalue weighted by Crippen LogP contribution is 2.35. The number of carbonyl (C=O) groups excluding carboxylic acids is 3. The number of Topliss-reactive ketones (excluding diaryl/α,β-unsaturated/α-hetero) is 1. The first-order valence-corrected chi connectivity index (χ1v) is 8.69. The molecule has 0 fully saturated rings. The average Bonchev–Trinajstić information content (AvgIpc) is 2.66. The van der Waals surface area contributed by atoms with E-state index in [0.29, 0.717) is 16.8 Å². The Kier molecular flexibility index (Phi) is 4.61. The number of nitrogens with one attached hydrogen (secondary N) is 1. The van der Waals surface area contributed by atoms with Crippen LogP contribution in [0.25, 0.3) is 0 Å². The number of hydrogen-bond acceptors (Lipinski definition) is 6. The predicted octanol–water partition coefficient (Wildman–Crippen LogP) is 3.48. The van der Waals surface area contributed by atoms with Crippen LogP contribution < -0.4 is 11.1 Å². The Morgan fingerprint density at radius 1 is 1.04 bits per heavy atom. The number of nitrogens with zero attached hydrogens (tertiary/aromatic N) is 1. The van der Waals surface area contributed by atoms with Gasteiger partial charge in [-0.25, -0.2) is 0 Å². The van der Waals surface area contributed by atoms with Gasteiger partial charge in [0.05, 0.1) is 16.8 Å². The SMILES string of the molecule is CC(C)(C)C(=O)/C(C#N)=C\Nc1ccc(N)c2c1C(=O)c1ccccc1C2=O. The van der Waals surface area contributed by atoms with E-state index in [0.717, 1.165) is 0 Å².